The van der Waals surface area contributed by atoms with E-state index in [0.29, 0.717) is 51.6 Å². The maximum Gasteiger partial charge on any atom is 0.321 e. The van der Waals surface area contributed by atoms with Crippen LogP contribution in [-0.2, 0) is 9.47 Å². The number of hydrogen-bond donors (Lipinski definition) is 0. The van der Waals surface area contributed by atoms with Crippen molar-refractivity contribution >= 4 is 11.9 Å². The SMILES string of the molecule is COCCN1CC2(CCOC2)N(C2CCN(C(=O)c3ccc(F)cc3)CC2)C1=O. The standard InChI is InChI=1S/C21H28FN3O4/c1-28-13-11-24-14-21(8-12-29-15-21)25(20(24)27)18-6-9-23(10-7-18)19(26)16-2-4-17(22)5-3-16/h2-5,18H,6-15H2,1H3. The molecule has 1 atom stereocenters. The zero-order valence-corrected chi connectivity index (χ0v) is 16.8. The molecule has 1 aromatic carbocycles. The first-order valence-electron chi connectivity index (χ1n) is 10.2. The van der Waals surface area contributed by atoms with Crippen LogP contribution in [0.25, 0.3) is 0 Å². The maximum atomic E-state index is 13.2. The van der Waals surface area contributed by atoms with E-state index in [1.54, 1.807) is 12.0 Å². The van der Waals surface area contributed by atoms with Gasteiger partial charge in [-0.2, -0.15) is 0 Å². The monoisotopic (exact) mass is 405 g/mol. The number of halogens is 1. The van der Waals surface area contributed by atoms with Crippen molar-refractivity contribution in [3.63, 3.8) is 0 Å². The molecule has 0 bridgehead atoms. The van der Waals surface area contributed by atoms with Gasteiger partial charge in [0.1, 0.15) is 5.82 Å². The Kier molecular flexibility index (Phi) is 5.74. The Morgan fingerprint density at radius 3 is 2.62 bits per heavy atom. The van der Waals surface area contributed by atoms with Gasteiger partial charge >= 0.3 is 6.03 Å². The van der Waals surface area contributed by atoms with Gasteiger partial charge in [-0.15, -0.1) is 0 Å². The molecule has 0 N–H and O–H groups in total. The summed E-state index contributed by atoms with van der Waals surface area (Å²) in [5, 5.41) is 0. The van der Waals surface area contributed by atoms with Crippen LogP contribution in [-0.4, -0.2) is 91.3 Å². The molecule has 3 heterocycles. The molecule has 1 spiro atoms. The van der Waals surface area contributed by atoms with Gasteiger partial charge in [0.15, 0.2) is 0 Å². The number of hydrogen-bond acceptors (Lipinski definition) is 4. The van der Waals surface area contributed by atoms with E-state index in [1.165, 1.54) is 24.3 Å². The average Bonchev–Trinajstić information content (AvgIpc) is 3.31. The minimum Gasteiger partial charge on any atom is -0.383 e. The lowest BCUT2D eigenvalue weighted by atomic mass is 9.92. The molecule has 8 heteroatoms. The summed E-state index contributed by atoms with van der Waals surface area (Å²) in [5.41, 5.74) is 0.229. The minimum atomic E-state index is -0.352. The molecule has 1 unspecified atom stereocenters. The first kappa shape index (κ1) is 20.1. The van der Waals surface area contributed by atoms with Crippen molar-refractivity contribution in [2.45, 2.75) is 30.8 Å². The van der Waals surface area contributed by atoms with Gasteiger partial charge in [-0.25, -0.2) is 9.18 Å². The lowest BCUT2D eigenvalue weighted by Crippen LogP contribution is -2.56. The van der Waals surface area contributed by atoms with Gasteiger partial charge < -0.3 is 24.2 Å². The lowest BCUT2D eigenvalue weighted by molar-refractivity contribution is 0.0498. The number of piperidine rings is 1. The predicted octanol–water partition coefficient (Wildman–Crippen LogP) is 1.97. The Hall–Kier alpha value is -2.19. The largest absolute Gasteiger partial charge is 0.383 e. The molecule has 1 aromatic rings. The van der Waals surface area contributed by atoms with Gasteiger partial charge in [0, 0.05) is 51.5 Å². The molecule has 0 saturated carbocycles. The van der Waals surface area contributed by atoms with E-state index in [9.17, 15) is 14.0 Å². The van der Waals surface area contributed by atoms with Crippen molar-refractivity contribution in [1.29, 1.82) is 0 Å². The second-order valence-electron chi connectivity index (χ2n) is 8.12. The Morgan fingerprint density at radius 1 is 1.28 bits per heavy atom. The second-order valence-corrected chi connectivity index (χ2v) is 8.12. The summed E-state index contributed by atoms with van der Waals surface area (Å²) in [6.45, 7) is 4.17. The quantitative estimate of drug-likeness (QED) is 0.752. The second kappa shape index (κ2) is 8.28. The third-order valence-electron chi connectivity index (χ3n) is 6.33. The maximum absolute atomic E-state index is 13.2. The Bertz CT molecular complexity index is 743. The molecule has 29 heavy (non-hydrogen) atoms. The highest BCUT2D eigenvalue weighted by molar-refractivity contribution is 5.94. The zero-order valence-electron chi connectivity index (χ0n) is 16.8. The molecule has 0 aromatic heterocycles. The number of rotatable bonds is 5. The Balaban J connectivity index is 1.43. The van der Waals surface area contributed by atoms with E-state index in [2.05, 4.69) is 0 Å². The van der Waals surface area contributed by atoms with Crippen LogP contribution in [0.1, 0.15) is 29.6 Å². The molecular formula is C21H28FN3O4. The van der Waals surface area contributed by atoms with Crippen molar-refractivity contribution in [2.24, 2.45) is 0 Å². The molecule has 0 radical (unpaired) electrons. The van der Waals surface area contributed by atoms with Gasteiger partial charge in [0.25, 0.3) is 5.91 Å². The van der Waals surface area contributed by atoms with Crippen molar-refractivity contribution in [1.82, 2.24) is 14.7 Å². The molecule has 3 aliphatic heterocycles. The van der Waals surface area contributed by atoms with Crippen LogP contribution in [0.2, 0.25) is 0 Å². The van der Waals surface area contributed by atoms with Crippen LogP contribution >= 0.6 is 0 Å². The number of urea groups is 1. The van der Waals surface area contributed by atoms with E-state index in [4.69, 9.17) is 9.47 Å². The highest BCUT2D eigenvalue weighted by Gasteiger charge is 2.54. The third-order valence-corrected chi connectivity index (χ3v) is 6.33. The number of carbonyl (C=O) groups is 2. The minimum absolute atomic E-state index is 0.0517. The summed E-state index contributed by atoms with van der Waals surface area (Å²) in [6, 6.07) is 5.80. The lowest BCUT2D eigenvalue weighted by Gasteiger charge is -2.42. The number of nitrogens with zero attached hydrogens (tertiary/aromatic N) is 3. The number of carbonyl (C=O) groups excluding carboxylic acids is 2. The molecule has 3 amide bonds. The number of amides is 3. The predicted molar refractivity (Wildman–Crippen MR) is 104 cm³/mol. The number of benzene rings is 1. The van der Waals surface area contributed by atoms with E-state index in [1.807, 2.05) is 9.80 Å². The highest BCUT2D eigenvalue weighted by Crippen LogP contribution is 2.38. The zero-order chi connectivity index (χ0) is 20.4. The topological polar surface area (TPSA) is 62.3 Å². The van der Waals surface area contributed by atoms with Gasteiger partial charge in [-0.3, -0.25) is 4.79 Å². The van der Waals surface area contributed by atoms with Gasteiger partial charge in [0.2, 0.25) is 0 Å². The smallest absolute Gasteiger partial charge is 0.321 e. The van der Waals surface area contributed by atoms with Crippen LogP contribution in [0.5, 0.6) is 0 Å². The molecule has 7 nitrogen and oxygen atoms in total. The summed E-state index contributed by atoms with van der Waals surface area (Å²) in [4.78, 5) is 31.6. The van der Waals surface area contributed by atoms with Crippen LogP contribution < -0.4 is 0 Å². The van der Waals surface area contributed by atoms with Crippen molar-refractivity contribution in [3.05, 3.63) is 35.6 Å². The summed E-state index contributed by atoms with van der Waals surface area (Å²) < 4.78 is 24.0. The highest BCUT2D eigenvalue weighted by atomic mass is 19.1. The van der Waals surface area contributed by atoms with E-state index in [0.717, 1.165) is 19.3 Å². The fraction of sp³-hybridized carbons (Fsp3) is 0.619. The Morgan fingerprint density at radius 2 is 2.00 bits per heavy atom. The van der Waals surface area contributed by atoms with Crippen molar-refractivity contribution in [3.8, 4) is 0 Å². The molecule has 3 fully saturated rings. The van der Waals surface area contributed by atoms with Gasteiger partial charge in [0.05, 0.1) is 18.8 Å². The number of ether oxygens (including phenoxy) is 2. The van der Waals surface area contributed by atoms with Crippen LogP contribution in [0.3, 0.4) is 0 Å². The van der Waals surface area contributed by atoms with Crippen LogP contribution in [0, 0.1) is 5.82 Å². The van der Waals surface area contributed by atoms with Crippen LogP contribution in [0.4, 0.5) is 9.18 Å². The molecule has 4 rings (SSSR count). The van der Waals surface area contributed by atoms with Gasteiger partial charge in [-0.1, -0.05) is 0 Å². The summed E-state index contributed by atoms with van der Waals surface area (Å²) in [5.74, 6) is -0.438. The molecule has 3 saturated heterocycles. The molecule has 0 aliphatic carbocycles. The third kappa shape index (κ3) is 3.83. The molecule has 158 valence electrons. The van der Waals surface area contributed by atoms with E-state index >= 15 is 0 Å². The van der Waals surface area contributed by atoms with Crippen molar-refractivity contribution < 1.29 is 23.5 Å². The molecule has 3 aliphatic rings. The fourth-order valence-corrected chi connectivity index (χ4v) is 4.79. The normalized spacial score (nSPS) is 25.4. The van der Waals surface area contributed by atoms with Crippen LogP contribution in [0.15, 0.2) is 24.3 Å². The number of methoxy groups -OCH3 is 1. The van der Waals surface area contributed by atoms with E-state index in [-0.39, 0.29) is 29.3 Å². The van der Waals surface area contributed by atoms with Gasteiger partial charge in [-0.05, 0) is 43.5 Å². The number of likely N-dealkylation sites (tertiary alicyclic amines) is 1. The molecular weight excluding hydrogens is 377 g/mol. The van der Waals surface area contributed by atoms with E-state index < -0.39 is 0 Å². The fourth-order valence-electron chi connectivity index (χ4n) is 4.79. The van der Waals surface area contributed by atoms with Crippen molar-refractivity contribution in [2.75, 3.05) is 53.1 Å². The summed E-state index contributed by atoms with van der Waals surface area (Å²) >= 11 is 0. The Labute approximate surface area is 170 Å². The summed E-state index contributed by atoms with van der Waals surface area (Å²) in [7, 11) is 1.64. The first-order valence-corrected chi connectivity index (χ1v) is 10.2. The summed E-state index contributed by atoms with van der Waals surface area (Å²) in [6.07, 6.45) is 2.31. The average molecular weight is 405 g/mol. The first-order chi connectivity index (χ1) is 14.0.